The zero-order valence-corrected chi connectivity index (χ0v) is 14.8. The van der Waals surface area contributed by atoms with E-state index in [2.05, 4.69) is 27.5 Å². The Morgan fingerprint density at radius 1 is 1.29 bits per heavy atom. The van der Waals surface area contributed by atoms with Crippen molar-refractivity contribution in [2.45, 2.75) is 26.7 Å². The maximum atomic E-state index is 11.6. The zero-order chi connectivity index (χ0) is 17.5. The second-order valence-corrected chi connectivity index (χ2v) is 5.72. The van der Waals surface area contributed by atoms with E-state index in [1.54, 1.807) is 18.2 Å². The van der Waals surface area contributed by atoms with Gasteiger partial charge in [-0.05, 0) is 31.5 Å². The van der Waals surface area contributed by atoms with Gasteiger partial charge < -0.3 is 15.4 Å². The van der Waals surface area contributed by atoms with Crippen molar-refractivity contribution in [3.8, 4) is 0 Å². The summed E-state index contributed by atoms with van der Waals surface area (Å²) < 4.78 is 4.72. The molecular formula is C17H21ClN4O2. The predicted octanol–water partition coefficient (Wildman–Crippen LogP) is 4.18. The van der Waals surface area contributed by atoms with Gasteiger partial charge in [-0.2, -0.15) is 4.98 Å². The first-order valence-electron chi connectivity index (χ1n) is 7.78. The molecule has 128 valence electrons. The smallest absolute Gasteiger partial charge is 0.337 e. The maximum Gasteiger partial charge on any atom is 0.337 e. The van der Waals surface area contributed by atoms with Gasteiger partial charge in [0.15, 0.2) is 0 Å². The Hall–Kier alpha value is -2.34. The van der Waals surface area contributed by atoms with E-state index in [9.17, 15) is 4.79 Å². The summed E-state index contributed by atoms with van der Waals surface area (Å²) >= 11 is 6.19. The molecule has 0 atom stereocenters. The molecule has 0 spiro atoms. The van der Waals surface area contributed by atoms with E-state index in [1.165, 1.54) is 7.11 Å². The number of carbonyl (C=O) groups is 1. The first kappa shape index (κ1) is 18.0. The zero-order valence-electron chi connectivity index (χ0n) is 14.0. The number of hydrogen-bond acceptors (Lipinski definition) is 6. The van der Waals surface area contributed by atoms with Gasteiger partial charge in [-0.15, -0.1) is 0 Å². The average Bonchev–Trinajstić information content (AvgIpc) is 2.56. The fourth-order valence-electron chi connectivity index (χ4n) is 2.09. The molecule has 0 unspecified atom stereocenters. The summed E-state index contributed by atoms with van der Waals surface area (Å²) in [5.41, 5.74) is 1.77. The maximum absolute atomic E-state index is 11.6. The van der Waals surface area contributed by atoms with E-state index in [-0.39, 0.29) is 0 Å². The summed E-state index contributed by atoms with van der Waals surface area (Å²) in [6.45, 7) is 4.88. The molecule has 2 aromatic rings. The van der Waals surface area contributed by atoms with E-state index in [0.29, 0.717) is 22.2 Å². The Labute approximate surface area is 146 Å². The first-order valence-corrected chi connectivity index (χ1v) is 8.15. The van der Waals surface area contributed by atoms with Gasteiger partial charge in [0.25, 0.3) is 0 Å². The fourth-order valence-corrected chi connectivity index (χ4v) is 2.26. The number of unbranched alkanes of at least 4 members (excludes halogenated alkanes) is 1. The molecule has 24 heavy (non-hydrogen) atoms. The van der Waals surface area contributed by atoms with Gasteiger partial charge in [-0.3, -0.25) is 0 Å². The molecule has 1 aromatic heterocycles. The molecule has 0 saturated carbocycles. The largest absolute Gasteiger partial charge is 0.465 e. The lowest BCUT2D eigenvalue weighted by molar-refractivity contribution is 0.0601. The van der Waals surface area contributed by atoms with Crippen LogP contribution in [0.15, 0.2) is 24.3 Å². The molecule has 0 radical (unpaired) electrons. The number of esters is 1. The van der Waals surface area contributed by atoms with Gasteiger partial charge in [-0.25, -0.2) is 9.78 Å². The highest BCUT2D eigenvalue weighted by Gasteiger charge is 2.11. The van der Waals surface area contributed by atoms with Crippen LogP contribution in [0.4, 0.5) is 17.5 Å². The Morgan fingerprint density at radius 3 is 2.79 bits per heavy atom. The second kappa shape index (κ2) is 8.49. The number of carbonyl (C=O) groups excluding carboxylic acids is 1. The lowest BCUT2D eigenvalue weighted by Gasteiger charge is -2.11. The van der Waals surface area contributed by atoms with Crippen molar-refractivity contribution in [2.24, 2.45) is 0 Å². The Balaban J connectivity index is 2.22. The quantitative estimate of drug-likeness (QED) is 0.577. The van der Waals surface area contributed by atoms with E-state index < -0.39 is 5.97 Å². The number of nitrogens with one attached hydrogen (secondary N) is 2. The van der Waals surface area contributed by atoms with Gasteiger partial charge in [0.05, 0.1) is 23.4 Å². The molecule has 2 rings (SSSR count). The van der Waals surface area contributed by atoms with E-state index in [1.807, 2.05) is 13.0 Å². The Bertz CT molecular complexity index is 722. The Morgan fingerprint density at radius 2 is 2.08 bits per heavy atom. The van der Waals surface area contributed by atoms with Crippen molar-refractivity contribution in [3.05, 3.63) is 40.5 Å². The summed E-state index contributed by atoms with van der Waals surface area (Å²) in [5, 5.41) is 6.79. The summed E-state index contributed by atoms with van der Waals surface area (Å²) in [5.74, 6) is 0.735. The summed E-state index contributed by atoms with van der Waals surface area (Å²) in [7, 11) is 1.34. The summed E-state index contributed by atoms with van der Waals surface area (Å²) in [6, 6.07) is 6.73. The van der Waals surface area contributed by atoms with Crippen molar-refractivity contribution in [2.75, 3.05) is 24.3 Å². The molecule has 0 aliphatic rings. The molecule has 0 aliphatic heterocycles. The number of aryl methyl sites for hydroxylation is 1. The number of halogens is 1. The highest BCUT2D eigenvalue weighted by atomic mass is 35.5. The van der Waals surface area contributed by atoms with Crippen molar-refractivity contribution in [1.82, 2.24) is 9.97 Å². The molecule has 2 N–H and O–H groups in total. The molecule has 1 aromatic carbocycles. The van der Waals surface area contributed by atoms with Crippen LogP contribution in [-0.4, -0.2) is 29.6 Å². The van der Waals surface area contributed by atoms with E-state index >= 15 is 0 Å². The topological polar surface area (TPSA) is 76.1 Å². The second-order valence-electron chi connectivity index (χ2n) is 5.31. The highest BCUT2D eigenvalue weighted by Crippen LogP contribution is 2.26. The van der Waals surface area contributed by atoms with Gasteiger partial charge in [0.1, 0.15) is 5.82 Å². The number of methoxy groups -OCH3 is 1. The monoisotopic (exact) mass is 348 g/mol. The van der Waals surface area contributed by atoms with Gasteiger partial charge in [0.2, 0.25) is 5.95 Å². The van der Waals surface area contributed by atoms with Crippen LogP contribution in [0.25, 0.3) is 0 Å². The standard InChI is InChI=1S/C17H21ClN4O2/c1-4-5-8-19-15-9-11(2)20-17(22-15)21-14-10-12(16(23)24-3)6-7-13(14)18/h6-7,9-10H,4-5,8H2,1-3H3,(H2,19,20,21,22). The number of ether oxygens (including phenoxy) is 1. The van der Waals surface area contributed by atoms with Crippen LogP contribution in [0.2, 0.25) is 5.02 Å². The third-order valence-electron chi connectivity index (χ3n) is 3.32. The van der Waals surface area contributed by atoms with Crippen LogP contribution in [-0.2, 0) is 4.74 Å². The predicted molar refractivity (Wildman–Crippen MR) is 96.2 cm³/mol. The minimum atomic E-state index is -0.429. The van der Waals surface area contributed by atoms with Crippen LogP contribution in [0.1, 0.15) is 35.8 Å². The third kappa shape index (κ3) is 4.83. The van der Waals surface area contributed by atoms with Crippen LogP contribution in [0.3, 0.4) is 0 Å². The average molecular weight is 349 g/mol. The van der Waals surface area contributed by atoms with E-state index in [0.717, 1.165) is 30.9 Å². The lowest BCUT2D eigenvalue weighted by Crippen LogP contribution is -2.07. The van der Waals surface area contributed by atoms with Crippen molar-refractivity contribution < 1.29 is 9.53 Å². The Kier molecular flexibility index (Phi) is 6.37. The highest BCUT2D eigenvalue weighted by molar-refractivity contribution is 6.33. The number of nitrogens with zero attached hydrogens (tertiary/aromatic N) is 2. The summed E-state index contributed by atoms with van der Waals surface area (Å²) in [4.78, 5) is 20.4. The summed E-state index contributed by atoms with van der Waals surface area (Å²) in [6.07, 6.45) is 2.18. The van der Waals surface area contributed by atoms with Gasteiger partial charge >= 0.3 is 5.97 Å². The van der Waals surface area contributed by atoms with Crippen LogP contribution in [0, 0.1) is 6.92 Å². The van der Waals surface area contributed by atoms with Crippen molar-refractivity contribution >= 4 is 35.0 Å². The normalized spacial score (nSPS) is 10.3. The fraction of sp³-hybridized carbons (Fsp3) is 0.353. The number of benzene rings is 1. The minimum Gasteiger partial charge on any atom is -0.465 e. The molecule has 0 aliphatic carbocycles. The molecule has 0 bridgehead atoms. The lowest BCUT2D eigenvalue weighted by atomic mass is 10.2. The first-order chi connectivity index (χ1) is 11.5. The van der Waals surface area contributed by atoms with Gasteiger partial charge in [-0.1, -0.05) is 24.9 Å². The molecule has 6 nitrogen and oxygen atoms in total. The van der Waals surface area contributed by atoms with Crippen LogP contribution < -0.4 is 10.6 Å². The van der Waals surface area contributed by atoms with Gasteiger partial charge in [0, 0.05) is 18.3 Å². The molecule has 0 fully saturated rings. The van der Waals surface area contributed by atoms with Crippen molar-refractivity contribution in [1.29, 1.82) is 0 Å². The molecular weight excluding hydrogens is 328 g/mol. The van der Waals surface area contributed by atoms with Crippen LogP contribution in [0.5, 0.6) is 0 Å². The SMILES string of the molecule is CCCCNc1cc(C)nc(Nc2cc(C(=O)OC)ccc2Cl)n1. The number of hydrogen-bond donors (Lipinski definition) is 2. The number of rotatable bonds is 7. The van der Waals surface area contributed by atoms with E-state index in [4.69, 9.17) is 16.3 Å². The molecule has 0 saturated heterocycles. The number of anilines is 3. The van der Waals surface area contributed by atoms with Crippen LogP contribution >= 0.6 is 11.6 Å². The number of aromatic nitrogens is 2. The third-order valence-corrected chi connectivity index (χ3v) is 3.65. The molecule has 0 amide bonds. The molecule has 1 heterocycles. The van der Waals surface area contributed by atoms with Crippen molar-refractivity contribution in [3.63, 3.8) is 0 Å². The minimum absolute atomic E-state index is 0.401. The molecule has 7 heteroatoms.